The normalized spacial score (nSPS) is 21.7. The average Bonchev–Trinajstić information content (AvgIpc) is 3.93. The van der Waals surface area contributed by atoms with E-state index in [4.69, 9.17) is 4.74 Å². The van der Waals surface area contributed by atoms with E-state index in [1.165, 1.54) is 6.07 Å². The molecule has 19 heteroatoms. The van der Waals surface area contributed by atoms with Gasteiger partial charge in [0, 0.05) is 73.4 Å². The van der Waals surface area contributed by atoms with Crippen molar-refractivity contribution in [3.8, 4) is 5.75 Å². The Labute approximate surface area is 383 Å². The van der Waals surface area contributed by atoms with E-state index in [0.717, 1.165) is 80.0 Å². The maximum atomic E-state index is 15.6. The summed E-state index contributed by atoms with van der Waals surface area (Å²) in [6.45, 7) is 13.0. The molecule has 4 saturated heterocycles. The van der Waals surface area contributed by atoms with Gasteiger partial charge in [0.15, 0.2) is 0 Å². The highest BCUT2D eigenvalue weighted by Gasteiger charge is 2.48. The molecule has 6 heterocycles. The van der Waals surface area contributed by atoms with Crippen LogP contribution in [0.25, 0.3) is 0 Å². The number of ether oxygens (including phenoxy) is 1. The summed E-state index contributed by atoms with van der Waals surface area (Å²) in [6, 6.07) is 16.1. The van der Waals surface area contributed by atoms with Gasteiger partial charge in [0.25, 0.3) is 11.8 Å². The Morgan fingerprint density at radius 1 is 0.894 bits per heavy atom. The van der Waals surface area contributed by atoms with Crippen LogP contribution in [0.3, 0.4) is 0 Å². The van der Waals surface area contributed by atoms with E-state index in [1.807, 2.05) is 36.1 Å². The summed E-state index contributed by atoms with van der Waals surface area (Å²) in [5.74, 6) is -0.813. The summed E-state index contributed by atoms with van der Waals surface area (Å²) in [7, 11) is -3.71. The molecule has 3 atom stereocenters. The molecule has 0 aliphatic carbocycles. The van der Waals surface area contributed by atoms with Gasteiger partial charge in [-0.15, -0.1) is 0 Å². The lowest BCUT2D eigenvalue weighted by Crippen LogP contribution is -2.54. The van der Waals surface area contributed by atoms with Gasteiger partial charge in [0.2, 0.25) is 27.8 Å². The molecule has 0 saturated carbocycles. The third kappa shape index (κ3) is 9.61. The zero-order valence-electron chi connectivity index (χ0n) is 37.5. The topological polar surface area (TPSA) is 199 Å². The van der Waals surface area contributed by atoms with Gasteiger partial charge in [-0.1, -0.05) is 6.07 Å². The number of aromatic nitrogens is 2. The lowest BCUT2D eigenvalue weighted by atomic mass is 9.96. The van der Waals surface area contributed by atoms with Crippen LogP contribution < -0.4 is 30.3 Å². The van der Waals surface area contributed by atoms with Crippen LogP contribution >= 0.6 is 0 Å². The number of nitrogens with one attached hydrogen (secondary N) is 4. The maximum absolute atomic E-state index is 15.6. The molecule has 1 aromatic heterocycles. The van der Waals surface area contributed by atoms with Crippen LogP contribution in [0.1, 0.15) is 79.2 Å². The minimum atomic E-state index is -3.71. The summed E-state index contributed by atoms with van der Waals surface area (Å²) >= 11 is 0. The van der Waals surface area contributed by atoms with Crippen LogP contribution in [-0.2, 0) is 19.6 Å². The number of amides is 4. The number of anilines is 5. The maximum Gasteiger partial charge on any atom is 0.262 e. The smallest absolute Gasteiger partial charge is 0.262 e. The van der Waals surface area contributed by atoms with Crippen LogP contribution in [0.5, 0.6) is 5.75 Å². The Morgan fingerprint density at radius 2 is 1.64 bits per heavy atom. The van der Waals surface area contributed by atoms with Crippen molar-refractivity contribution in [3.63, 3.8) is 0 Å². The lowest BCUT2D eigenvalue weighted by Gasteiger charge is -2.39. The highest BCUT2D eigenvalue weighted by Crippen LogP contribution is 2.40. The molecule has 4 aromatic rings. The number of hydrogen-bond donors (Lipinski definition) is 4. The minimum absolute atomic E-state index is 0.0200. The van der Waals surface area contributed by atoms with E-state index < -0.39 is 51.0 Å². The number of aryl methyl sites for hydroxylation is 1. The fourth-order valence-electron chi connectivity index (χ4n) is 9.72. The van der Waals surface area contributed by atoms with E-state index in [-0.39, 0.29) is 40.9 Å². The number of nitrogens with zero attached hydrogens (tertiary/aromatic N) is 6. The van der Waals surface area contributed by atoms with Gasteiger partial charge in [-0.2, -0.15) is 4.98 Å². The fraction of sp³-hybridized carbons (Fsp3) is 0.447. The molecule has 5 aliphatic heterocycles. The molecule has 3 aromatic carbocycles. The summed E-state index contributed by atoms with van der Waals surface area (Å²) in [5.41, 5.74) is 1.88. The van der Waals surface area contributed by atoms with Gasteiger partial charge in [0.1, 0.15) is 30.0 Å². The van der Waals surface area contributed by atoms with Gasteiger partial charge in [-0.25, -0.2) is 22.5 Å². The highest BCUT2D eigenvalue weighted by atomic mass is 32.2. The van der Waals surface area contributed by atoms with Crippen LogP contribution in [0.2, 0.25) is 0 Å². The van der Waals surface area contributed by atoms with Crippen LogP contribution in [-0.4, -0.2) is 126 Å². The van der Waals surface area contributed by atoms with Crippen molar-refractivity contribution in [3.05, 3.63) is 89.4 Å². The number of rotatable bonds is 14. The lowest BCUT2D eigenvalue weighted by molar-refractivity contribution is -0.136. The van der Waals surface area contributed by atoms with E-state index in [2.05, 4.69) is 40.4 Å². The molecule has 3 unspecified atom stereocenters. The second kappa shape index (κ2) is 18.0. The van der Waals surface area contributed by atoms with Gasteiger partial charge in [0.05, 0.1) is 21.7 Å². The third-order valence-electron chi connectivity index (χ3n) is 13.0. The second-order valence-electron chi connectivity index (χ2n) is 19.0. The number of hydrogen-bond acceptors (Lipinski definition) is 14. The number of benzene rings is 3. The van der Waals surface area contributed by atoms with Crippen LogP contribution in [0, 0.1) is 18.7 Å². The monoisotopic (exact) mass is 922 g/mol. The Hall–Kier alpha value is -6.02. The average molecular weight is 923 g/mol. The second-order valence-corrected chi connectivity index (χ2v) is 20.6. The largest absolute Gasteiger partial charge is 0.492 e. The van der Waals surface area contributed by atoms with Crippen molar-refractivity contribution in [2.45, 2.75) is 88.4 Å². The van der Waals surface area contributed by atoms with Crippen molar-refractivity contribution in [1.29, 1.82) is 0 Å². The van der Waals surface area contributed by atoms with E-state index in [9.17, 15) is 27.6 Å². The first-order valence-electron chi connectivity index (χ1n) is 22.5. The SMILES string of the molecule is Cc1cnc(Nc2ccc(OCCN3CCC(CN4CC5CC4CN5c4cc5c(cc4F)C(=O)N(C4CCC(=O)NC4=O)C5=O)CC3)cc2)nc1Nc1cccc(S(=O)(=O)NC(C)(C)C)c1. The van der Waals surface area contributed by atoms with Gasteiger partial charge in [-0.3, -0.25) is 39.2 Å². The van der Waals surface area contributed by atoms with Gasteiger partial charge in [-0.05, 0) is 127 Å². The van der Waals surface area contributed by atoms with E-state index >= 15 is 4.39 Å². The molecule has 5 aliphatic rings. The Bertz CT molecular complexity index is 2670. The number of fused-ring (bicyclic) bond motifs is 3. The molecule has 66 heavy (non-hydrogen) atoms. The third-order valence-corrected chi connectivity index (χ3v) is 14.7. The number of piperidine rings is 2. The highest BCUT2D eigenvalue weighted by molar-refractivity contribution is 7.89. The number of imide groups is 2. The predicted octanol–water partition coefficient (Wildman–Crippen LogP) is 4.94. The van der Waals surface area contributed by atoms with E-state index in [0.29, 0.717) is 42.2 Å². The summed E-state index contributed by atoms with van der Waals surface area (Å²) < 4.78 is 50.2. The molecule has 9 rings (SSSR count). The summed E-state index contributed by atoms with van der Waals surface area (Å²) in [5, 5.41) is 8.66. The molecule has 0 spiro atoms. The van der Waals surface area contributed by atoms with Crippen molar-refractivity contribution < 1.29 is 36.7 Å². The first-order valence-corrected chi connectivity index (χ1v) is 24.0. The molecule has 348 valence electrons. The first kappa shape index (κ1) is 45.1. The molecule has 17 nitrogen and oxygen atoms in total. The first-order chi connectivity index (χ1) is 31.5. The number of likely N-dealkylation sites (tertiary alicyclic amines) is 2. The molecule has 4 amide bonds. The number of halogens is 1. The van der Waals surface area contributed by atoms with Crippen molar-refractivity contribution in [2.24, 2.45) is 5.92 Å². The Balaban J connectivity index is 0.707. The molecule has 0 radical (unpaired) electrons. The molecule has 4 N–H and O–H groups in total. The number of sulfonamides is 1. The van der Waals surface area contributed by atoms with E-state index in [1.54, 1.807) is 51.2 Å². The summed E-state index contributed by atoms with van der Waals surface area (Å²) in [6.07, 6.45) is 4.83. The quantitative estimate of drug-likeness (QED) is 0.124. The number of piperazine rings is 1. The van der Waals surface area contributed by atoms with Crippen molar-refractivity contribution in [2.75, 3.05) is 61.4 Å². The van der Waals surface area contributed by atoms with Crippen LogP contribution in [0.4, 0.5) is 33.2 Å². The zero-order chi connectivity index (χ0) is 46.5. The zero-order valence-corrected chi connectivity index (χ0v) is 38.3. The van der Waals surface area contributed by atoms with Crippen molar-refractivity contribution in [1.82, 2.24) is 34.7 Å². The van der Waals surface area contributed by atoms with Crippen LogP contribution in [0.15, 0.2) is 71.8 Å². The molecule has 2 bridgehead atoms. The van der Waals surface area contributed by atoms with Gasteiger partial charge < -0.3 is 20.3 Å². The van der Waals surface area contributed by atoms with Crippen molar-refractivity contribution >= 4 is 62.5 Å². The minimum Gasteiger partial charge on any atom is -0.492 e. The Morgan fingerprint density at radius 3 is 2.33 bits per heavy atom. The molecule has 4 fully saturated rings. The molecular formula is C47H55FN10O7S. The fourth-order valence-corrected chi connectivity index (χ4v) is 11.2. The summed E-state index contributed by atoms with van der Waals surface area (Å²) in [4.78, 5) is 67.8. The standard InChI is InChI=1S/C47H55FN10O7S/c1-28-24-49-46(53-42(28)50-31-6-5-7-35(20-31)66(63,64)54-47(2,3)4)51-30-8-10-34(11-9-30)65-19-18-55-16-14-29(15-17-55)25-56-26-33-21-32(56)27-57(33)40-23-37-36(22-38(40)48)44(61)58(45(37)62)39-12-13-41(59)52-43(39)60/h5-11,20,22-24,29,32-33,39,54H,12-19,21,25-27H2,1-4H3,(H,52,59,60)(H2,49,50,51,53). The predicted molar refractivity (Wildman–Crippen MR) is 245 cm³/mol. The number of carbonyl (C=O) groups is 4. The molecular weight excluding hydrogens is 868 g/mol. The number of carbonyl (C=O) groups excluding carboxylic acids is 4. The Kier molecular flexibility index (Phi) is 12.3. The van der Waals surface area contributed by atoms with Gasteiger partial charge >= 0.3 is 0 Å².